The van der Waals surface area contributed by atoms with Crippen molar-refractivity contribution >= 4 is 5.91 Å². The van der Waals surface area contributed by atoms with E-state index in [-0.39, 0.29) is 12.0 Å². The summed E-state index contributed by atoms with van der Waals surface area (Å²) < 4.78 is 5.84. The maximum atomic E-state index is 13.1. The first kappa shape index (κ1) is 19.8. The topological polar surface area (TPSA) is 45.7 Å². The zero-order chi connectivity index (χ0) is 19.2. The van der Waals surface area contributed by atoms with E-state index in [1.807, 2.05) is 18.2 Å². The van der Waals surface area contributed by atoms with Crippen LogP contribution in [-0.2, 0) is 16.0 Å². The number of nitrogens with zero attached hydrogens (tertiary/aromatic N) is 3. The molecule has 2 aliphatic heterocycles. The third-order valence-electron chi connectivity index (χ3n) is 6.83. The minimum absolute atomic E-state index is 0.201. The molecule has 28 heavy (non-hydrogen) atoms. The van der Waals surface area contributed by atoms with Crippen molar-refractivity contribution in [1.82, 2.24) is 14.8 Å². The molecule has 154 valence electrons. The number of carbonyl (C=O) groups is 1. The lowest BCUT2D eigenvalue weighted by Gasteiger charge is -2.38. The third kappa shape index (κ3) is 5.32. The molecule has 5 nitrogen and oxygen atoms in total. The summed E-state index contributed by atoms with van der Waals surface area (Å²) in [5.41, 5.74) is 0.862. The number of carbonyl (C=O) groups excluding carboxylic acids is 1. The second-order valence-electron chi connectivity index (χ2n) is 8.85. The van der Waals surface area contributed by atoms with E-state index >= 15 is 0 Å². The summed E-state index contributed by atoms with van der Waals surface area (Å²) in [5.74, 6) is 0.819. The number of likely N-dealkylation sites (tertiary alicyclic amines) is 1. The minimum atomic E-state index is 0.201. The van der Waals surface area contributed by atoms with Gasteiger partial charge in [-0.1, -0.05) is 18.9 Å². The zero-order valence-corrected chi connectivity index (χ0v) is 17.1. The van der Waals surface area contributed by atoms with Crippen LogP contribution in [0, 0.1) is 5.92 Å². The molecule has 0 bridgehead atoms. The molecule has 0 spiro atoms. The largest absolute Gasteiger partial charge is 0.376 e. The second-order valence-corrected chi connectivity index (χ2v) is 8.85. The summed E-state index contributed by atoms with van der Waals surface area (Å²) in [6.07, 6.45) is 12.6. The molecule has 3 heterocycles. The van der Waals surface area contributed by atoms with Crippen molar-refractivity contribution < 1.29 is 9.53 Å². The Kier molecular flexibility index (Phi) is 6.97. The molecular weight excluding hydrogens is 350 g/mol. The summed E-state index contributed by atoms with van der Waals surface area (Å²) in [6.45, 7) is 4.88. The van der Waals surface area contributed by atoms with E-state index in [0.29, 0.717) is 12.3 Å². The van der Waals surface area contributed by atoms with Crippen molar-refractivity contribution in [2.45, 2.75) is 69.9 Å². The molecule has 5 heteroatoms. The van der Waals surface area contributed by atoms with Crippen molar-refractivity contribution in [2.75, 3.05) is 32.8 Å². The lowest BCUT2D eigenvalue weighted by atomic mass is 9.94. The Morgan fingerprint density at radius 3 is 2.57 bits per heavy atom. The summed E-state index contributed by atoms with van der Waals surface area (Å²) in [6, 6.07) is 6.63. The van der Waals surface area contributed by atoms with Gasteiger partial charge in [-0.25, -0.2) is 0 Å². The fourth-order valence-corrected chi connectivity index (χ4v) is 5.16. The molecule has 3 aliphatic rings. The highest BCUT2D eigenvalue weighted by Crippen LogP contribution is 2.28. The van der Waals surface area contributed by atoms with Crippen LogP contribution in [0.2, 0.25) is 0 Å². The quantitative estimate of drug-likeness (QED) is 0.723. The molecule has 2 saturated heterocycles. The van der Waals surface area contributed by atoms with Crippen molar-refractivity contribution in [3.05, 3.63) is 30.1 Å². The number of pyridine rings is 1. The minimum Gasteiger partial charge on any atom is -0.376 e. The van der Waals surface area contributed by atoms with Crippen LogP contribution in [0.3, 0.4) is 0 Å². The van der Waals surface area contributed by atoms with E-state index in [1.165, 1.54) is 51.6 Å². The van der Waals surface area contributed by atoms with Crippen LogP contribution in [0.25, 0.3) is 0 Å². The Bertz CT molecular complexity index is 604. The zero-order valence-electron chi connectivity index (χ0n) is 17.1. The molecule has 0 aromatic carbocycles. The van der Waals surface area contributed by atoms with E-state index in [2.05, 4.69) is 14.8 Å². The van der Waals surface area contributed by atoms with Gasteiger partial charge in [0.2, 0.25) is 5.91 Å². The Labute approximate surface area is 169 Å². The third-order valence-corrected chi connectivity index (χ3v) is 6.83. The van der Waals surface area contributed by atoms with Gasteiger partial charge >= 0.3 is 0 Å². The van der Waals surface area contributed by atoms with E-state index in [0.717, 1.165) is 44.3 Å². The molecule has 3 fully saturated rings. The van der Waals surface area contributed by atoms with Crippen molar-refractivity contribution in [3.63, 3.8) is 0 Å². The number of hydrogen-bond acceptors (Lipinski definition) is 4. The number of piperidine rings is 1. The van der Waals surface area contributed by atoms with Crippen molar-refractivity contribution in [2.24, 2.45) is 5.92 Å². The average Bonchev–Trinajstić information content (AvgIpc) is 3.43. The van der Waals surface area contributed by atoms with E-state index in [9.17, 15) is 4.79 Å². The molecule has 1 atom stereocenters. The maximum Gasteiger partial charge on any atom is 0.228 e. The lowest BCUT2D eigenvalue weighted by Crippen LogP contribution is -2.45. The molecule has 4 rings (SSSR count). The summed E-state index contributed by atoms with van der Waals surface area (Å²) in [4.78, 5) is 22.2. The van der Waals surface area contributed by atoms with E-state index < -0.39 is 0 Å². The van der Waals surface area contributed by atoms with Crippen LogP contribution in [0.4, 0.5) is 0 Å². The Morgan fingerprint density at radius 2 is 1.89 bits per heavy atom. The van der Waals surface area contributed by atoms with Crippen LogP contribution >= 0.6 is 0 Å². The summed E-state index contributed by atoms with van der Waals surface area (Å²) >= 11 is 0. The van der Waals surface area contributed by atoms with Crippen molar-refractivity contribution in [1.29, 1.82) is 0 Å². The van der Waals surface area contributed by atoms with Crippen LogP contribution in [-0.4, -0.2) is 65.6 Å². The molecular formula is C23H35N3O2. The highest BCUT2D eigenvalue weighted by Gasteiger charge is 2.30. The SMILES string of the molecule is O=C(Cc1ccccn1)N(CC1CCN(C2CCCC2)CC1)C[C@H]1CCCO1. The predicted octanol–water partition coefficient (Wildman–Crippen LogP) is 3.29. The Hall–Kier alpha value is -1.46. The number of aromatic nitrogens is 1. The number of amides is 1. The number of hydrogen-bond donors (Lipinski definition) is 0. The van der Waals surface area contributed by atoms with Gasteiger partial charge in [-0.3, -0.25) is 9.78 Å². The molecule has 1 aromatic heterocycles. The van der Waals surface area contributed by atoms with E-state index in [4.69, 9.17) is 4.74 Å². The molecule has 0 N–H and O–H groups in total. The molecule has 0 radical (unpaired) electrons. The van der Waals surface area contributed by atoms with Gasteiger partial charge in [0, 0.05) is 37.6 Å². The highest BCUT2D eigenvalue weighted by atomic mass is 16.5. The Morgan fingerprint density at radius 1 is 1.07 bits per heavy atom. The van der Waals surface area contributed by atoms with Gasteiger partial charge in [0.25, 0.3) is 0 Å². The average molecular weight is 386 g/mol. The van der Waals surface area contributed by atoms with Gasteiger partial charge in [-0.05, 0) is 69.7 Å². The first-order valence-electron chi connectivity index (χ1n) is 11.3. The van der Waals surface area contributed by atoms with Gasteiger partial charge in [0.15, 0.2) is 0 Å². The van der Waals surface area contributed by atoms with Crippen LogP contribution in [0.5, 0.6) is 0 Å². The van der Waals surface area contributed by atoms with Crippen LogP contribution in [0.15, 0.2) is 24.4 Å². The highest BCUT2D eigenvalue weighted by molar-refractivity contribution is 5.78. The summed E-state index contributed by atoms with van der Waals surface area (Å²) in [7, 11) is 0. The Balaban J connectivity index is 1.32. The molecule has 1 aromatic rings. The van der Waals surface area contributed by atoms with E-state index in [1.54, 1.807) is 6.20 Å². The summed E-state index contributed by atoms with van der Waals surface area (Å²) in [5, 5.41) is 0. The maximum absolute atomic E-state index is 13.1. The van der Waals surface area contributed by atoms with Crippen molar-refractivity contribution in [3.8, 4) is 0 Å². The molecule has 1 aliphatic carbocycles. The lowest BCUT2D eigenvalue weighted by molar-refractivity contribution is -0.133. The second kappa shape index (κ2) is 9.84. The normalized spacial score (nSPS) is 24.6. The van der Waals surface area contributed by atoms with Gasteiger partial charge in [-0.2, -0.15) is 0 Å². The smallest absolute Gasteiger partial charge is 0.228 e. The van der Waals surface area contributed by atoms with Crippen LogP contribution < -0.4 is 0 Å². The molecule has 1 amide bonds. The predicted molar refractivity (Wildman–Crippen MR) is 110 cm³/mol. The monoisotopic (exact) mass is 385 g/mol. The molecule has 0 unspecified atom stereocenters. The standard InChI is InChI=1S/C23H35N3O2/c27-23(16-20-6-3-4-12-24-20)26(18-22-9-5-15-28-22)17-19-10-13-25(14-11-19)21-7-1-2-8-21/h3-4,6,12,19,21-22H,1-2,5,7-11,13-18H2/t22-/m1/s1. The number of rotatable bonds is 7. The molecule has 1 saturated carbocycles. The van der Waals surface area contributed by atoms with Crippen LogP contribution in [0.1, 0.15) is 57.1 Å². The van der Waals surface area contributed by atoms with Gasteiger partial charge in [0.05, 0.1) is 12.5 Å². The number of ether oxygens (including phenoxy) is 1. The first-order valence-corrected chi connectivity index (χ1v) is 11.3. The fraction of sp³-hybridized carbons (Fsp3) is 0.739. The van der Waals surface area contributed by atoms with Gasteiger partial charge < -0.3 is 14.5 Å². The van der Waals surface area contributed by atoms with Gasteiger partial charge in [-0.15, -0.1) is 0 Å². The fourth-order valence-electron chi connectivity index (χ4n) is 5.16. The first-order chi connectivity index (χ1) is 13.8. The van der Waals surface area contributed by atoms with Gasteiger partial charge in [0.1, 0.15) is 0 Å².